The van der Waals surface area contributed by atoms with Crippen molar-refractivity contribution >= 4 is 35.2 Å². The number of allylic oxidation sites excluding steroid dienone is 1. The Morgan fingerprint density at radius 3 is 2.21 bits per heavy atom. The van der Waals surface area contributed by atoms with Crippen LogP contribution in [0.1, 0.15) is 43.1 Å². The van der Waals surface area contributed by atoms with Crippen molar-refractivity contribution in [3.8, 4) is 5.75 Å². The molecule has 4 rings (SSSR count). The first-order chi connectivity index (χ1) is 19.7. The molecule has 1 aromatic rings. The maximum absolute atomic E-state index is 14.2. The van der Waals surface area contributed by atoms with Crippen LogP contribution in [-0.2, 0) is 35.1 Å². The lowest BCUT2D eigenvalue weighted by molar-refractivity contribution is -0.151. The average molecular weight is 584 g/mol. The summed E-state index contributed by atoms with van der Waals surface area (Å²) in [6.07, 6.45) is -0.696. The number of hydrogen-bond acceptors (Lipinski definition) is 11. The van der Waals surface area contributed by atoms with Gasteiger partial charge in [0.1, 0.15) is 23.4 Å². The molecule has 2 amide bonds. The van der Waals surface area contributed by atoms with Gasteiger partial charge in [0.05, 0.1) is 30.2 Å². The smallest absolute Gasteiger partial charge is 0.307 e. The first-order valence-corrected chi connectivity index (χ1v) is 13.6. The highest BCUT2D eigenvalue weighted by Gasteiger charge is 2.57. The summed E-state index contributed by atoms with van der Waals surface area (Å²) in [6, 6.07) is 2.84. The van der Waals surface area contributed by atoms with Crippen LogP contribution in [0.3, 0.4) is 0 Å². The van der Waals surface area contributed by atoms with Crippen LogP contribution in [0.4, 0.5) is 5.69 Å². The van der Waals surface area contributed by atoms with Gasteiger partial charge in [-0.3, -0.25) is 34.2 Å². The molecule has 0 bridgehead atoms. The largest absolute Gasteiger partial charge is 0.511 e. The number of ketones is 1. The summed E-state index contributed by atoms with van der Waals surface area (Å²) in [5.41, 5.74) is 1.85. The Kier molecular flexibility index (Phi) is 8.49. The van der Waals surface area contributed by atoms with Crippen LogP contribution in [0.15, 0.2) is 34.8 Å². The van der Waals surface area contributed by atoms with E-state index in [0.29, 0.717) is 24.2 Å². The van der Waals surface area contributed by atoms with Crippen LogP contribution in [-0.4, -0.2) is 87.0 Å². The van der Waals surface area contributed by atoms with E-state index in [1.165, 1.54) is 14.0 Å². The average Bonchev–Trinajstić information content (AvgIpc) is 2.86. The SMILES string of the molecule is COc1ccc(N(C)C)c2c1C(=O)C1=C(O)C3C(OC(C)=O)C(C(=O)NC(C)=O)=C(OC(C)=O)C(N(C)C)C3CC1C2. The van der Waals surface area contributed by atoms with Crippen LogP contribution >= 0.6 is 0 Å². The van der Waals surface area contributed by atoms with Gasteiger partial charge in [0.2, 0.25) is 5.91 Å². The summed E-state index contributed by atoms with van der Waals surface area (Å²) in [7, 11) is 8.68. The summed E-state index contributed by atoms with van der Waals surface area (Å²) >= 11 is 0. The van der Waals surface area contributed by atoms with Gasteiger partial charge < -0.3 is 24.2 Å². The van der Waals surface area contributed by atoms with Crippen molar-refractivity contribution < 1.29 is 43.3 Å². The van der Waals surface area contributed by atoms with Gasteiger partial charge in [-0.1, -0.05) is 0 Å². The van der Waals surface area contributed by atoms with Crippen LogP contribution in [0.25, 0.3) is 0 Å². The Labute approximate surface area is 244 Å². The molecule has 0 saturated carbocycles. The Morgan fingerprint density at radius 2 is 1.69 bits per heavy atom. The summed E-state index contributed by atoms with van der Waals surface area (Å²) in [6.45, 7) is 3.46. The van der Waals surface area contributed by atoms with E-state index in [1.54, 1.807) is 25.1 Å². The Balaban J connectivity index is 2.00. The number of aliphatic hydroxyl groups excluding tert-OH is 1. The number of nitrogens with one attached hydrogen (secondary N) is 1. The zero-order valence-corrected chi connectivity index (χ0v) is 25.1. The van der Waals surface area contributed by atoms with Crippen LogP contribution in [0.5, 0.6) is 5.75 Å². The van der Waals surface area contributed by atoms with Crippen molar-refractivity contribution in [2.75, 3.05) is 40.2 Å². The van der Waals surface area contributed by atoms with Crippen molar-refractivity contribution in [2.45, 2.75) is 45.8 Å². The number of esters is 2. The number of methoxy groups -OCH3 is 1. The number of ether oxygens (including phenoxy) is 3. The molecule has 0 heterocycles. The third-order valence-corrected chi connectivity index (χ3v) is 8.08. The molecule has 3 aliphatic rings. The highest BCUT2D eigenvalue weighted by Crippen LogP contribution is 2.53. The molecule has 0 radical (unpaired) electrons. The first kappa shape index (κ1) is 30.8. The Morgan fingerprint density at radius 1 is 1.02 bits per heavy atom. The van der Waals surface area contributed by atoms with Crippen molar-refractivity contribution in [3.05, 3.63) is 45.9 Å². The summed E-state index contributed by atoms with van der Waals surface area (Å²) in [4.78, 5) is 67.8. The predicted octanol–water partition coefficient (Wildman–Crippen LogP) is 1.92. The number of amides is 2. The van der Waals surface area contributed by atoms with Gasteiger partial charge in [0.25, 0.3) is 5.91 Å². The van der Waals surface area contributed by atoms with Crippen molar-refractivity contribution in [1.29, 1.82) is 0 Å². The number of fused-ring (bicyclic) bond motifs is 3. The molecule has 2 N–H and O–H groups in total. The molecule has 0 aliphatic heterocycles. The molecule has 12 heteroatoms. The minimum atomic E-state index is -1.45. The quantitative estimate of drug-likeness (QED) is 0.473. The number of imide groups is 1. The van der Waals surface area contributed by atoms with Crippen LogP contribution in [0, 0.1) is 17.8 Å². The maximum Gasteiger partial charge on any atom is 0.307 e. The highest BCUT2D eigenvalue weighted by atomic mass is 16.6. The van der Waals surface area contributed by atoms with E-state index in [4.69, 9.17) is 14.2 Å². The topological polar surface area (TPSA) is 152 Å². The van der Waals surface area contributed by atoms with Gasteiger partial charge in [0, 0.05) is 46.1 Å². The standard InChI is InChI=1S/C30H37N3O9/c1-13(34)31-30(39)24-28(41-14(2)35)23-18(25(33(6)7)29(24)42-15(3)36)12-16-11-17-19(32(4)5)9-10-20(40-8)22(17)26(37)21(16)27(23)38/h9-10,16,18,23,25,28,38H,11-12H2,1-8H3,(H,31,34,39). The maximum atomic E-state index is 14.2. The second kappa shape index (κ2) is 11.6. The van der Waals surface area contributed by atoms with Gasteiger partial charge in [-0.15, -0.1) is 0 Å². The number of carbonyl (C=O) groups is 5. The van der Waals surface area contributed by atoms with Crippen LogP contribution < -0.4 is 15.0 Å². The molecule has 3 aliphatic carbocycles. The molecule has 0 spiro atoms. The van der Waals surface area contributed by atoms with E-state index >= 15 is 0 Å². The zero-order chi connectivity index (χ0) is 31.2. The fraction of sp³-hybridized carbons (Fsp3) is 0.500. The lowest BCUT2D eigenvalue weighted by Gasteiger charge is -2.50. The van der Waals surface area contributed by atoms with E-state index in [0.717, 1.165) is 25.1 Å². The molecule has 5 unspecified atom stereocenters. The van der Waals surface area contributed by atoms with Gasteiger partial charge >= 0.3 is 11.9 Å². The van der Waals surface area contributed by atoms with E-state index < -0.39 is 59.4 Å². The molecule has 226 valence electrons. The van der Waals surface area contributed by atoms with Gasteiger partial charge in [-0.2, -0.15) is 0 Å². The molecule has 0 fully saturated rings. The van der Waals surface area contributed by atoms with E-state index in [9.17, 15) is 29.1 Å². The first-order valence-electron chi connectivity index (χ1n) is 13.6. The van der Waals surface area contributed by atoms with Crippen molar-refractivity contribution in [3.63, 3.8) is 0 Å². The van der Waals surface area contributed by atoms with E-state index in [-0.39, 0.29) is 22.7 Å². The number of likely N-dealkylation sites (N-methyl/N-ethyl adjacent to an activating group) is 1. The molecule has 0 aromatic heterocycles. The number of aliphatic hydroxyl groups is 1. The zero-order valence-electron chi connectivity index (χ0n) is 25.1. The molecule has 5 atom stereocenters. The van der Waals surface area contributed by atoms with Gasteiger partial charge in [0.15, 0.2) is 5.78 Å². The predicted molar refractivity (Wildman–Crippen MR) is 151 cm³/mol. The number of anilines is 1. The second-order valence-corrected chi connectivity index (χ2v) is 11.3. The number of hydrogen-bond donors (Lipinski definition) is 2. The minimum absolute atomic E-state index is 0.0758. The molecule has 42 heavy (non-hydrogen) atoms. The number of benzene rings is 1. The molecular formula is C30H37N3O9. The minimum Gasteiger partial charge on any atom is -0.511 e. The number of carbonyl (C=O) groups excluding carboxylic acids is 5. The lowest BCUT2D eigenvalue weighted by atomic mass is 9.60. The molecule has 12 nitrogen and oxygen atoms in total. The third kappa shape index (κ3) is 5.26. The normalized spacial score (nSPS) is 24.8. The van der Waals surface area contributed by atoms with E-state index in [2.05, 4.69) is 5.32 Å². The Bertz CT molecular complexity index is 1420. The third-order valence-electron chi connectivity index (χ3n) is 8.08. The molecule has 1 aromatic carbocycles. The monoisotopic (exact) mass is 583 g/mol. The number of rotatable bonds is 6. The fourth-order valence-electron chi connectivity index (χ4n) is 6.75. The van der Waals surface area contributed by atoms with Crippen LogP contribution in [0.2, 0.25) is 0 Å². The fourth-order valence-corrected chi connectivity index (χ4v) is 6.75. The van der Waals surface area contributed by atoms with E-state index in [1.807, 2.05) is 25.1 Å². The van der Waals surface area contributed by atoms with Gasteiger partial charge in [-0.25, -0.2) is 0 Å². The van der Waals surface area contributed by atoms with Crippen molar-refractivity contribution in [2.24, 2.45) is 17.8 Å². The van der Waals surface area contributed by atoms with Gasteiger partial charge in [-0.05, 0) is 56.5 Å². The number of Topliss-reactive ketones (excluding diaryl/α,β-unsaturated/α-hetero) is 1. The number of nitrogens with zero attached hydrogens (tertiary/aromatic N) is 2. The molecule has 0 saturated heterocycles. The highest BCUT2D eigenvalue weighted by molar-refractivity contribution is 6.14. The summed E-state index contributed by atoms with van der Waals surface area (Å²) < 4.78 is 16.8. The second-order valence-electron chi connectivity index (χ2n) is 11.3. The lowest BCUT2D eigenvalue weighted by Crippen LogP contribution is -2.56. The Hall–Kier alpha value is -4.19. The van der Waals surface area contributed by atoms with Crippen molar-refractivity contribution in [1.82, 2.24) is 10.2 Å². The molecular weight excluding hydrogens is 546 g/mol. The summed E-state index contributed by atoms with van der Waals surface area (Å²) in [5.74, 6) is -5.56. The summed E-state index contributed by atoms with van der Waals surface area (Å²) in [5, 5.41) is 14.1.